The summed E-state index contributed by atoms with van der Waals surface area (Å²) in [6.45, 7) is 2.09. The predicted molar refractivity (Wildman–Crippen MR) is 54.3 cm³/mol. The van der Waals surface area contributed by atoms with Crippen molar-refractivity contribution < 1.29 is 14.7 Å². The van der Waals surface area contributed by atoms with Gasteiger partial charge in [0.05, 0.1) is 6.61 Å². The Bertz CT molecular complexity index is 366. The fraction of sp³-hybridized carbons (Fsp3) is 0.400. The molecule has 1 unspecified atom stereocenters. The molecule has 0 saturated heterocycles. The highest BCUT2D eigenvalue weighted by atomic mass is 16.7. The van der Waals surface area contributed by atoms with Gasteiger partial charge in [0.25, 0.3) is 0 Å². The number of rotatable bonds is 3. The van der Waals surface area contributed by atoms with Gasteiger partial charge in [0.1, 0.15) is 18.0 Å². The summed E-state index contributed by atoms with van der Waals surface area (Å²) in [5, 5.41) is 8.62. The number of ether oxygens (including phenoxy) is 1. The Morgan fingerprint density at radius 3 is 3.13 bits per heavy atom. The first kappa shape index (κ1) is 10.2. The minimum absolute atomic E-state index is 0.00913. The standard InChI is InChI=1S/C10H14N2O3/c1-10(11)8-3-2-7(14-5-4-13)6-9(8)15-12-10/h2-3,6,12-13H,4-5,11H2,1H3. The number of benzene rings is 1. The second-order valence-corrected chi connectivity index (χ2v) is 3.64. The molecule has 5 nitrogen and oxygen atoms in total. The lowest BCUT2D eigenvalue weighted by molar-refractivity contribution is 0.143. The van der Waals surface area contributed by atoms with E-state index in [0.717, 1.165) is 5.56 Å². The molecule has 0 saturated carbocycles. The van der Waals surface area contributed by atoms with Gasteiger partial charge in [-0.25, -0.2) is 0 Å². The van der Waals surface area contributed by atoms with Crippen LogP contribution in [0.3, 0.4) is 0 Å². The van der Waals surface area contributed by atoms with Crippen molar-refractivity contribution in [3.63, 3.8) is 0 Å². The summed E-state index contributed by atoms with van der Waals surface area (Å²) < 4.78 is 5.25. The van der Waals surface area contributed by atoms with E-state index in [0.29, 0.717) is 11.5 Å². The molecule has 5 heteroatoms. The third-order valence-electron chi connectivity index (χ3n) is 2.25. The maximum atomic E-state index is 8.62. The molecule has 4 N–H and O–H groups in total. The fourth-order valence-corrected chi connectivity index (χ4v) is 1.49. The van der Waals surface area contributed by atoms with E-state index in [2.05, 4.69) is 5.48 Å². The number of fused-ring (bicyclic) bond motifs is 1. The van der Waals surface area contributed by atoms with Gasteiger partial charge in [0, 0.05) is 11.6 Å². The van der Waals surface area contributed by atoms with Crippen molar-refractivity contribution in [3.8, 4) is 11.5 Å². The Balaban J connectivity index is 2.22. The highest BCUT2D eigenvalue weighted by Gasteiger charge is 2.32. The van der Waals surface area contributed by atoms with Crippen LogP contribution in [0.5, 0.6) is 11.5 Å². The molecule has 0 aliphatic carbocycles. The van der Waals surface area contributed by atoms with Crippen molar-refractivity contribution in [2.45, 2.75) is 12.6 Å². The molecule has 0 radical (unpaired) electrons. The average molecular weight is 210 g/mol. The molecule has 1 heterocycles. The lowest BCUT2D eigenvalue weighted by Crippen LogP contribution is -2.44. The molecule has 0 aromatic heterocycles. The fourth-order valence-electron chi connectivity index (χ4n) is 1.49. The van der Waals surface area contributed by atoms with E-state index >= 15 is 0 Å². The zero-order valence-corrected chi connectivity index (χ0v) is 8.49. The molecule has 1 aliphatic heterocycles. The molecule has 0 fully saturated rings. The molecule has 0 amide bonds. The molecule has 1 atom stereocenters. The van der Waals surface area contributed by atoms with Crippen LogP contribution in [0.25, 0.3) is 0 Å². The normalized spacial score (nSPS) is 23.4. The van der Waals surface area contributed by atoms with E-state index in [-0.39, 0.29) is 13.2 Å². The first-order valence-electron chi connectivity index (χ1n) is 4.74. The number of hydroxylamine groups is 1. The zero-order valence-electron chi connectivity index (χ0n) is 8.49. The van der Waals surface area contributed by atoms with Gasteiger partial charge in [-0.05, 0) is 19.1 Å². The van der Waals surface area contributed by atoms with Crippen LogP contribution in [-0.2, 0) is 5.66 Å². The summed E-state index contributed by atoms with van der Waals surface area (Å²) >= 11 is 0. The van der Waals surface area contributed by atoms with Gasteiger partial charge in [-0.1, -0.05) is 0 Å². The Morgan fingerprint density at radius 2 is 2.40 bits per heavy atom. The molecular formula is C10H14N2O3. The second kappa shape index (κ2) is 3.69. The third kappa shape index (κ3) is 1.90. The van der Waals surface area contributed by atoms with Gasteiger partial charge in [0.2, 0.25) is 0 Å². The highest BCUT2D eigenvalue weighted by molar-refractivity contribution is 5.45. The zero-order chi connectivity index (χ0) is 10.9. The van der Waals surface area contributed by atoms with E-state index in [1.165, 1.54) is 0 Å². The molecule has 0 bridgehead atoms. The van der Waals surface area contributed by atoms with Crippen LogP contribution in [0.1, 0.15) is 12.5 Å². The summed E-state index contributed by atoms with van der Waals surface area (Å²) in [6.07, 6.45) is 0. The summed E-state index contributed by atoms with van der Waals surface area (Å²) in [5.74, 6) is 1.32. The average Bonchev–Trinajstić information content (AvgIpc) is 2.52. The van der Waals surface area contributed by atoms with Gasteiger partial charge in [-0.3, -0.25) is 0 Å². The molecule has 82 valence electrons. The SMILES string of the molecule is CC1(N)NOc2cc(OCCO)ccc21. The quantitative estimate of drug-likeness (QED) is 0.659. The summed E-state index contributed by atoms with van der Waals surface area (Å²) in [5.41, 5.74) is 8.87. The maximum absolute atomic E-state index is 8.62. The molecule has 15 heavy (non-hydrogen) atoms. The van der Waals surface area contributed by atoms with E-state index in [1.54, 1.807) is 12.1 Å². The predicted octanol–water partition coefficient (Wildman–Crippen LogP) is 0.0861. The smallest absolute Gasteiger partial charge is 0.157 e. The molecular weight excluding hydrogens is 196 g/mol. The first-order valence-corrected chi connectivity index (χ1v) is 4.74. The first-order chi connectivity index (χ1) is 7.13. The van der Waals surface area contributed by atoms with Gasteiger partial charge in [-0.2, -0.15) is 0 Å². The van der Waals surface area contributed by atoms with Crippen LogP contribution in [0.2, 0.25) is 0 Å². The number of nitrogens with two attached hydrogens (primary N) is 1. The number of hydrogen-bond donors (Lipinski definition) is 3. The minimum Gasteiger partial charge on any atom is -0.491 e. The van der Waals surface area contributed by atoms with Crippen LogP contribution in [0.15, 0.2) is 18.2 Å². The lowest BCUT2D eigenvalue weighted by atomic mass is 10.0. The van der Waals surface area contributed by atoms with Crippen LogP contribution < -0.4 is 20.8 Å². The number of nitrogens with one attached hydrogen (secondary N) is 1. The van der Waals surface area contributed by atoms with Crippen LogP contribution in [-0.4, -0.2) is 18.3 Å². The van der Waals surface area contributed by atoms with Crippen LogP contribution >= 0.6 is 0 Å². The Morgan fingerprint density at radius 1 is 1.60 bits per heavy atom. The number of aliphatic hydroxyl groups is 1. The van der Waals surface area contributed by atoms with Gasteiger partial charge in [0.15, 0.2) is 5.75 Å². The van der Waals surface area contributed by atoms with E-state index in [1.807, 2.05) is 13.0 Å². The van der Waals surface area contributed by atoms with Gasteiger partial charge in [-0.15, -0.1) is 5.48 Å². The summed E-state index contributed by atoms with van der Waals surface area (Å²) in [6, 6.07) is 5.40. The molecule has 1 aromatic carbocycles. The number of hydrogen-bond acceptors (Lipinski definition) is 5. The molecule has 0 spiro atoms. The van der Waals surface area contributed by atoms with Crippen molar-refractivity contribution >= 4 is 0 Å². The van der Waals surface area contributed by atoms with Crippen molar-refractivity contribution in [1.29, 1.82) is 0 Å². The molecule has 2 rings (SSSR count). The lowest BCUT2D eigenvalue weighted by Gasteiger charge is -2.15. The Labute approximate surface area is 87.8 Å². The van der Waals surface area contributed by atoms with Crippen LogP contribution in [0.4, 0.5) is 0 Å². The van der Waals surface area contributed by atoms with Crippen molar-refractivity contribution in [3.05, 3.63) is 23.8 Å². The minimum atomic E-state index is -0.662. The van der Waals surface area contributed by atoms with Crippen LogP contribution in [0, 0.1) is 0 Å². The Kier molecular flexibility index (Phi) is 2.52. The monoisotopic (exact) mass is 210 g/mol. The maximum Gasteiger partial charge on any atom is 0.157 e. The largest absolute Gasteiger partial charge is 0.491 e. The van der Waals surface area contributed by atoms with Gasteiger partial charge < -0.3 is 20.4 Å². The second-order valence-electron chi connectivity index (χ2n) is 3.64. The van der Waals surface area contributed by atoms with E-state index < -0.39 is 5.66 Å². The molecule has 1 aromatic rings. The van der Waals surface area contributed by atoms with E-state index in [9.17, 15) is 0 Å². The number of aliphatic hydroxyl groups excluding tert-OH is 1. The summed E-state index contributed by atoms with van der Waals surface area (Å²) in [4.78, 5) is 5.22. The van der Waals surface area contributed by atoms with Crippen molar-refractivity contribution in [2.75, 3.05) is 13.2 Å². The van der Waals surface area contributed by atoms with Crippen molar-refractivity contribution in [2.24, 2.45) is 5.73 Å². The van der Waals surface area contributed by atoms with Gasteiger partial charge >= 0.3 is 0 Å². The van der Waals surface area contributed by atoms with Crippen molar-refractivity contribution in [1.82, 2.24) is 5.48 Å². The summed E-state index contributed by atoms with van der Waals surface area (Å²) in [7, 11) is 0. The highest BCUT2D eigenvalue weighted by Crippen LogP contribution is 2.34. The van der Waals surface area contributed by atoms with E-state index in [4.69, 9.17) is 20.4 Å². The Hall–Kier alpha value is -1.30. The topological polar surface area (TPSA) is 76.7 Å². The molecule has 1 aliphatic rings. The third-order valence-corrected chi connectivity index (χ3v) is 2.25.